The second kappa shape index (κ2) is 6.14. The third-order valence-electron chi connectivity index (χ3n) is 5.01. The molecule has 1 unspecified atom stereocenters. The van der Waals surface area contributed by atoms with Gasteiger partial charge in [0.1, 0.15) is 0 Å². The summed E-state index contributed by atoms with van der Waals surface area (Å²) in [4.78, 5) is 13.3. The summed E-state index contributed by atoms with van der Waals surface area (Å²) in [5, 5.41) is 8.25. The van der Waals surface area contributed by atoms with Crippen LogP contribution < -0.4 is 16.1 Å². The summed E-state index contributed by atoms with van der Waals surface area (Å²) in [5.41, 5.74) is 1.89. The summed E-state index contributed by atoms with van der Waals surface area (Å²) >= 11 is 1.68. The third-order valence-corrected chi connectivity index (χ3v) is 6.15. The van der Waals surface area contributed by atoms with Crippen molar-refractivity contribution in [2.75, 3.05) is 14.1 Å². The maximum absolute atomic E-state index is 13.3. The highest BCUT2D eigenvalue weighted by Crippen LogP contribution is 2.36. The Kier molecular flexibility index (Phi) is 3.94. The Morgan fingerprint density at radius 1 is 1.04 bits per heavy atom. The Balaban J connectivity index is 2.02. The van der Waals surface area contributed by atoms with E-state index in [2.05, 4.69) is 34.9 Å². The standard InChI is InChI=1S/C21H20N2OS/c1-22-14-10-12-21(23-2,13-11-14)16-7-5-9-18-19(16)20(24)15-6-3-4-8-17(15)25-18/h3-12,22-23H,13H2,1-2H3. The normalized spacial score (nSPS) is 20.0. The van der Waals surface area contributed by atoms with Gasteiger partial charge in [-0.15, -0.1) is 11.3 Å². The Morgan fingerprint density at radius 3 is 2.56 bits per heavy atom. The quantitative estimate of drug-likeness (QED) is 0.706. The van der Waals surface area contributed by atoms with Crippen molar-refractivity contribution >= 4 is 31.5 Å². The smallest absolute Gasteiger partial charge is 0.196 e. The van der Waals surface area contributed by atoms with E-state index in [9.17, 15) is 4.79 Å². The van der Waals surface area contributed by atoms with Crippen molar-refractivity contribution in [1.29, 1.82) is 0 Å². The minimum atomic E-state index is -0.367. The van der Waals surface area contributed by atoms with Gasteiger partial charge < -0.3 is 10.6 Å². The lowest BCUT2D eigenvalue weighted by molar-refractivity contribution is 0.458. The number of hydrogen-bond acceptors (Lipinski definition) is 4. The van der Waals surface area contributed by atoms with E-state index >= 15 is 0 Å². The van der Waals surface area contributed by atoms with Crippen LogP contribution in [0.3, 0.4) is 0 Å². The molecule has 0 fully saturated rings. The number of hydrogen-bond donors (Lipinski definition) is 2. The SMILES string of the molecule is CNC1=CCC(NC)(c2cccc3sc4ccccc4c(=O)c23)C=C1. The zero-order valence-corrected chi connectivity index (χ0v) is 15.1. The molecule has 1 aliphatic rings. The van der Waals surface area contributed by atoms with Crippen LogP contribution in [0.2, 0.25) is 0 Å². The molecule has 0 amide bonds. The maximum atomic E-state index is 13.3. The topological polar surface area (TPSA) is 41.1 Å². The molecule has 1 aromatic heterocycles. The van der Waals surface area contributed by atoms with Crippen LogP contribution in [0.15, 0.2) is 71.2 Å². The summed E-state index contributed by atoms with van der Waals surface area (Å²) < 4.78 is 2.07. The van der Waals surface area contributed by atoms with Crippen molar-refractivity contribution < 1.29 is 0 Å². The van der Waals surface area contributed by atoms with Crippen LogP contribution in [0.5, 0.6) is 0 Å². The van der Waals surface area contributed by atoms with E-state index in [4.69, 9.17) is 0 Å². The van der Waals surface area contributed by atoms with Gasteiger partial charge in [0.25, 0.3) is 0 Å². The zero-order chi connectivity index (χ0) is 17.4. The molecule has 0 aliphatic heterocycles. The van der Waals surface area contributed by atoms with Gasteiger partial charge in [0.05, 0.1) is 5.54 Å². The summed E-state index contributed by atoms with van der Waals surface area (Å²) in [7, 11) is 3.88. The van der Waals surface area contributed by atoms with Gasteiger partial charge in [-0.05, 0) is 43.3 Å². The van der Waals surface area contributed by atoms with Crippen LogP contribution >= 0.6 is 11.3 Å². The number of likely N-dealkylation sites (N-methyl/N-ethyl adjacent to an activating group) is 2. The predicted octanol–water partition coefficient (Wildman–Crippen LogP) is 3.89. The number of benzene rings is 2. The molecule has 1 heterocycles. The van der Waals surface area contributed by atoms with E-state index < -0.39 is 0 Å². The second-order valence-corrected chi connectivity index (χ2v) is 7.36. The summed E-state index contributed by atoms with van der Waals surface area (Å²) in [6.07, 6.45) is 7.21. The van der Waals surface area contributed by atoms with Crippen molar-refractivity contribution in [1.82, 2.24) is 10.6 Å². The van der Waals surface area contributed by atoms with Gasteiger partial charge in [-0.3, -0.25) is 4.79 Å². The fourth-order valence-electron chi connectivity index (χ4n) is 3.56. The monoisotopic (exact) mass is 348 g/mol. The summed E-state index contributed by atoms with van der Waals surface area (Å²) in [5.74, 6) is 0. The molecular weight excluding hydrogens is 328 g/mol. The average Bonchev–Trinajstić information content (AvgIpc) is 2.68. The van der Waals surface area contributed by atoms with E-state index in [1.54, 1.807) is 11.3 Å². The molecule has 0 saturated carbocycles. The highest BCUT2D eigenvalue weighted by Gasteiger charge is 2.31. The van der Waals surface area contributed by atoms with Crippen molar-refractivity contribution in [2.24, 2.45) is 0 Å². The predicted molar refractivity (Wildman–Crippen MR) is 107 cm³/mol. The van der Waals surface area contributed by atoms with Crippen molar-refractivity contribution in [3.8, 4) is 0 Å². The van der Waals surface area contributed by atoms with E-state index in [-0.39, 0.29) is 11.0 Å². The lowest BCUT2D eigenvalue weighted by Crippen LogP contribution is -2.40. The molecule has 126 valence electrons. The van der Waals surface area contributed by atoms with Crippen LogP contribution in [0.1, 0.15) is 12.0 Å². The molecule has 0 radical (unpaired) electrons. The van der Waals surface area contributed by atoms with Crippen LogP contribution in [0, 0.1) is 0 Å². The molecular formula is C21H20N2OS. The minimum absolute atomic E-state index is 0.117. The van der Waals surface area contributed by atoms with Gasteiger partial charge >= 0.3 is 0 Å². The molecule has 2 aromatic carbocycles. The highest BCUT2D eigenvalue weighted by molar-refractivity contribution is 7.24. The Labute approximate surface area is 150 Å². The summed E-state index contributed by atoms with van der Waals surface area (Å²) in [6, 6.07) is 14.0. The van der Waals surface area contributed by atoms with E-state index in [1.807, 2.05) is 50.5 Å². The molecule has 0 bridgehead atoms. The first-order valence-electron chi connectivity index (χ1n) is 8.39. The number of nitrogens with one attached hydrogen (secondary N) is 2. The first-order valence-corrected chi connectivity index (χ1v) is 9.21. The third kappa shape index (κ3) is 2.49. The molecule has 0 spiro atoms. The van der Waals surface area contributed by atoms with Gasteiger partial charge in [0, 0.05) is 32.9 Å². The van der Waals surface area contributed by atoms with Gasteiger partial charge in [0.2, 0.25) is 0 Å². The molecule has 2 N–H and O–H groups in total. The van der Waals surface area contributed by atoms with Gasteiger partial charge in [-0.1, -0.05) is 36.4 Å². The van der Waals surface area contributed by atoms with Gasteiger partial charge in [-0.25, -0.2) is 0 Å². The number of rotatable bonds is 3. The molecule has 3 nitrogen and oxygen atoms in total. The molecule has 0 saturated heterocycles. The molecule has 3 aromatic rings. The van der Waals surface area contributed by atoms with E-state index in [1.165, 1.54) is 0 Å². The molecule has 1 atom stereocenters. The van der Waals surface area contributed by atoms with Crippen molar-refractivity contribution in [3.63, 3.8) is 0 Å². The Morgan fingerprint density at radius 2 is 1.84 bits per heavy atom. The van der Waals surface area contributed by atoms with Gasteiger partial charge in [-0.2, -0.15) is 0 Å². The van der Waals surface area contributed by atoms with Crippen molar-refractivity contribution in [3.05, 3.63) is 82.2 Å². The van der Waals surface area contributed by atoms with Gasteiger partial charge in [0.15, 0.2) is 5.43 Å². The number of allylic oxidation sites excluding steroid dienone is 1. The van der Waals surface area contributed by atoms with Crippen LogP contribution in [0.25, 0.3) is 20.2 Å². The minimum Gasteiger partial charge on any atom is -0.388 e. The van der Waals surface area contributed by atoms with Crippen LogP contribution in [-0.2, 0) is 5.54 Å². The number of fused-ring (bicyclic) bond motifs is 2. The van der Waals surface area contributed by atoms with Crippen LogP contribution in [0.4, 0.5) is 0 Å². The van der Waals surface area contributed by atoms with Crippen LogP contribution in [-0.4, -0.2) is 14.1 Å². The maximum Gasteiger partial charge on any atom is 0.196 e. The Bertz CT molecular complexity index is 1080. The first-order chi connectivity index (χ1) is 12.2. The highest BCUT2D eigenvalue weighted by atomic mass is 32.1. The lowest BCUT2D eigenvalue weighted by atomic mass is 9.81. The lowest BCUT2D eigenvalue weighted by Gasteiger charge is -2.33. The zero-order valence-electron chi connectivity index (χ0n) is 14.3. The Hall–Kier alpha value is -2.43. The fraction of sp³-hybridized carbons (Fsp3) is 0.190. The second-order valence-electron chi connectivity index (χ2n) is 6.27. The largest absolute Gasteiger partial charge is 0.388 e. The molecule has 4 rings (SSSR count). The fourth-order valence-corrected chi connectivity index (χ4v) is 4.67. The molecule has 4 heteroatoms. The molecule has 25 heavy (non-hydrogen) atoms. The van der Waals surface area contributed by atoms with E-state index in [0.717, 1.165) is 37.9 Å². The van der Waals surface area contributed by atoms with Crippen molar-refractivity contribution in [2.45, 2.75) is 12.0 Å². The first kappa shape index (κ1) is 16.1. The van der Waals surface area contributed by atoms with E-state index in [0.29, 0.717) is 0 Å². The average molecular weight is 348 g/mol. The summed E-state index contributed by atoms with van der Waals surface area (Å²) in [6.45, 7) is 0. The molecule has 1 aliphatic carbocycles.